The number of hydrogen-bond acceptors (Lipinski definition) is 3. The normalized spacial score (nSPS) is 18.3. The number of aryl methyl sites for hydroxylation is 1. The summed E-state index contributed by atoms with van der Waals surface area (Å²) >= 11 is 0. The van der Waals surface area contributed by atoms with Crippen molar-refractivity contribution in [1.82, 2.24) is 5.32 Å². The van der Waals surface area contributed by atoms with Gasteiger partial charge in [-0.2, -0.15) is 0 Å². The van der Waals surface area contributed by atoms with Crippen molar-refractivity contribution in [3.05, 3.63) is 35.4 Å². The predicted octanol–water partition coefficient (Wildman–Crippen LogP) is 1.67. The summed E-state index contributed by atoms with van der Waals surface area (Å²) in [4.78, 5) is 34.1. The van der Waals surface area contributed by atoms with Gasteiger partial charge in [0.05, 0.1) is 5.89 Å². The minimum Gasteiger partial charge on any atom is -0.480 e. The molecule has 120 valence electrons. The Balaban J connectivity index is 2.92. The molecule has 0 aliphatic rings. The Bertz CT molecular complexity index is 599. The van der Waals surface area contributed by atoms with E-state index in [2.05, 4.69) is 5.32 Å². The number of carboxylic acids is 1. The maximum Gasteiger partial charge on any atom is 0.326 e. The molecule has 1 aromatic carbocycles. The summed E-state index contributed by atoms with van der Waals surface area (Å²) in [6.07, 6.45) is -0.142. The molecule has 2 N–H and O–H groups in total. The van der Waals surface area contributed by atoms with Gasteiger partial charge in [0, 0.05) is 7.79 Å². The van der Waals surface area contributed by atoms with Crippen LogP contribution in [0.1, 0.15) is 26.3 Å². The highest BCUT2D eigenvalue weighted by atomic mass is 19.1. The van der Waals surface area contributed by atoms with Gasteiger partial charge in [-0.15, -0.1) is 0 Å². The van der Waals surface area contributed by atoms with Crippen LogP contribution in [0.25, 0.3) is 0 Å². The molecule has 6 heteroatoms. The van der Waals surface area contributed by atoms with E-state index in [1.165, 1.54) is 0 Å². The standard InChI is InChI=1S/C16H20FNO4/c1-10-4-6-12(7-5-10)8-13(15(21)22)18-14(20)11(2)16(3,17)9-19/h4-7,9,11,13H,8H2,1-3H3,(H,18,20)(H,21,22)/i11D. The Hall–Kier alpha value is -2.24. The van der Waals surface area contributed by atoms with Crippen molar-refractivity contribution >= 4 is 18.2 Å². The number of carbonyl (C=O) groups is 3. The Kier molecular flexibility index (Phi) is 5.25. The zero-order valence-electron chi connectivity index (χ0n) is 13.7. The lowest BCUT2D eigenvalue weighted by Gasteiger charge is -2.23. The predicted molar refractivity (Wildman–Crippen MR) is 79.2 cm³/mol. The number of rotatable bonds is 7. The molecule has 22 heavy (non-hydrogen) atoms. The second-order valence-electron chi connectivity index (χ2n) is 5.37. The van der Waals surface area contributed by atoms with Crippen molar-refractivity contribution in [2.45, 2.75) is 38.9 Å². The number of aldehydes is 1. The molecule has 3 unspecified atom stereocenters. The van der Waals surface area contributed by atoms with Crippen molar-refractivity contribution in [1.29, 1.82) is 0 Å². The third kappa shape index (κ3) is 4.65. The number of carbonyl (C=O) groups excluding carboxylic acids is 2. The van der Waals surface area contributed by atoms with Crippen LogP contribution in [-0.4, -0.2) is 35.0 Å². The van der Waals surface area contributed by atoms with Crippen LogP contribution in [0, 0.1) is 12.8 Å². The summed E-state index contributed by atoms with van der Waals surface area (Å²) in [5, 5.41) is 11.4. The summed E-state index contributed by atoms with van der Waals surface area (Å²) < 4.78 is 21.8. The first-order valence-corrected chi connectivity index (χ1v) is 6.76. The number of aliphatic carboxylic acids is 1. The molecule has 0 saturated carbocycles. The number of halogens is 1. The maximum atomic E-state index is 14.0. The SMILES string of the molecule is [2H]C(C)(C(=O)NC(Cc1ccc(C)cc1)C(=O)O)C(C)(F)C=O. The fraction of sp³-hybridized carbons (Fsp3) is 0.438. The van der Waals surface area contributed by atoms with Crippen molar-refractivity contribution in [3.8, 4) is 0 Å². The molecule has 0 radical (unpaired) electrons. The highest BCUT2D eigenvalue weighted by Crippen LogP contribution is 2.19. The average Bonchev–Trinajstić information content (AvgIpc) is 2.48. The van der Waals surface area contributed by atoms with Gasteiger partial charge < -0.3 is 10.4 Å². The molecule has 0 aromatic heterocycles. The van der Waals surface area contributed by atoms with E-state index in [-0.39, 0.29) is 12.7 Å². The minimum atomic E-state index is -2.73. The Morgan fingerprint density at radius 3 is 2.45 bits per heavy atom. The third-order valence-electron chi connectivity index (χ3n) is 3.46. The number of amides is 1. The van der Waals surface area contributed by atoms with Crippen LogP contribution in [0.4, 0.5) is 4.39 Å². The van der Waals surface area contributed by atoms with Crippen LogP contribution in [-0.2, 0) is 20.8 Å². The lowest BCUT2D eigenvalue weighted by molar-refractivity contribution is -0.143. The third-order valence-corrected chi connectivity index (χ3v) is 3.46. The summed E-state index contributed by atoms with van der Waals surface area (Å²) in [6, 6.07) is 5.73. The zero-order chi connectivity index (χ0) is 17.8. The molecular formula is C16H20FNO4. The molecule has 0 aliphatic heterocycles. The second-order valence-corrected chi connectivity index (χ2v) is 5.37. The van der Waals surface area contributed by atoms with Crippen LogP contribution in [0.15, 0.2) is 24.3 Å². The van der Waals surface area contributed by atoms with E-state index in [9.17, 15) is 23.9 Å². The molecule has 5 nitrogen and oxygen atoms in total. The number of nitrogens with one attached hydrogen (secondary N) is 1. The molecule has 1 rings (SSSR count). The topological polar surface area (TPSA) is 83.5 Å². The first kappa shape index (κ1) is 16.1. The van der Waals surface area contributed by atoms with E-state index >= 15 is 0 Å². The molecule has 1 amide bonds. The molecule has 1 aromatic rings. The summed E-state index contributed by atoms with van der Waals surface area (Å²) in [5.41, 5.74) is -1.06. The Labute approximate surface area is 129 Å². The van der Waals surface area contributed by atoms with E-state index < -0.39 is 29.5 Å². The van der Waals surface area contributed by atoms with E-state index in [0.717, 1.165) is 19.4 Å². The fourth-order valence-corrected chi connectivity index (χ4v) is 1.74. The van der Waals surface area contributed by atoms with Crippen LogP contribution >= 0.6 is 0 Å². The summed E-state index contributed by atoms with van der Waals surface area (Å²) in [5.74, 6) is -4.90. The van der Waals surface area contributed by atoms with Gasteiger partial charge in [0.2, 0.25) is 5.91 Å². The number of benzene rings is 1. The number of alkyl halides is 1. The smallest absolute Gasteiger partial charge is 0.326 e. The highest BCUT2D eigenvalue weighted by Gasteiger charge is 2.37. The quantitative estimate of drug-likeness (QED) is 0.750. The number of hydrogen-bond donors (Lipinski definition) is 2. The summed E-state index contributed by atoms with van der Waals surface area (Å²) in [6.45, 7) is 3.62. The molecule has 0 spiro atoms. The highest BCUT2D eigenvalue weighted by molar-refractivity contribution is 5.88. The van der Waals surface area contributed by atoms with Crippen LogP contribution in [0.3, 0.4) is 0 Å². The van der Waals surface area contributed by atoms with Crippen molar-refractivity contribution < 1.29 is 25.3 Å². The lowest BCUT2D eigenvalue weighted by atomic mass is 9.92. The Morgan fingerprint density at radius 1 is 1.45 bits per heavy atom. The van der Waals surface area contributed by atoms with E-state index in [0.29, 0.717) is 5.56 Å². The van der Waals surface area contributed by atoms with Crippen molar-refractivity contribution in [2.24, 2.45) is 5.89 Å². The minimum absolute atomic E-state index is 0.0124. The van der Waals surface area contributed by atoms with Crippen LogP contribution < -0.4 is 5.32 Å². The van der Waals surface area contributed by atoms with Gasteiger partial charge in [-0.05, 0) is 19.4 Å². The Morgan fingerprint density at radius 2 is 2.00 bits per heavy atom. The second kappa shape index (κ2) is 7.15. The van der Waals surface area contributed by atoms with Crippen LogP contribution in [0.2, 0.25) is 0 Å². The van der Waals surface area contributed by atoms with Gasteiger partial charge in [-0.25, -0.2) is 9.18 Å². The first-order chi connectivity index (χ1) is 10.5. The van der Waals surface area contributed by atoms with Gasteiger partial charge in [0.25, 0.3) is 0 Å². The van der Waals surface area contributed by atoms with Gasteiger partial charge in [0.1, 0.15) is 6.04 Å². The molecule has 0 heterocycles. The zero-order valence-corrected chi connectivity index (χ0v) is 12.7. The van der Waals surface area contributed by atoms with E-state index in [1.54, 1.807) is 24.3 Å². The van der Waals surface area contributed by atoms with Gasteiger partial charge in [-0.1, -0.05) is 36.8 Å². The van der Waals surface area contributed by atoms with Crippen molar-refractivity contribution in [2.75, 3.05) is 0 Å². The molecule has 0 bridgehead atoms. The maximum absolute atomic E-state index is 14.0. The lowest BCUT2D eigenvalue weighted by Crippen LogP contribution is -2.49. The van der Waals surface area contributed by atoms with E-state index in [1.807, 2.05) is 6.92 Å². The average molecular weight is 310 g/mol. The first-order valence-electron chi connectivity index (χ1n) is 7.26. The number of carboxylic acid groups (broad SMARTS) is 1. The molecule has 0 fully saturated rings. The van der Waals surface area contributed by atoms with Gasteiger partial charge in [-0.3, -0.25) is 9.59 Å². The molecule has 0 aliphatic carbocycles. The molecule has 3 atom stereocenters. The van der Waals surface area contributed by atoms with E-state index in [4.69, 9.17) is 1.37 Å². The van der Waals surface area contributed by atoms with Crippen LogP contribution in [0.5, 0.6) is 0 Å². The molecule has 0 saturated heterocycles. The van der Waals surface area contributed by atoms with Crippen molar-refractivity contribution in [3.63, 3.8) is 0 Å². The molecular weight excluding hydrogens is 289 g/mol. The fourth-order valence-electron chi connectivity index (χ4n) is 1.74. The monoisotopic (exact) mass is 310 g/mol. The van der Waals surface area contributed by atoms with Gasteiger partial charge in [0.15, 0.2) is 12.0 Å². The largest absolute Gasteiger partial charge is 0.480 e. The summed E-state index contributed by atoms with van der Waals surface area (Å²) in [7, 11) is 0. The van der Waals surface area contributed by atoms with Gasteiger partial charge >= 0.3 is 5.97 Å².